The molecule has 0 aromatic heterocycles. The van der Waals surface area contributed by atoms with Crippen molar-refractivity contribution < 1.29 is 19.1 Å². The van der Waals surface area contributed by atoms with Gasteiger partial charge in [0, 0.05) is 22.9 Å². The van der Waals surface area contributed by atoms with Gasteiger partial charge in [-0.2, -0.15) is 0 Å². The molecule has 0 heterocycles. The summed E-state index contributed by atoms with van der Waals surface area (Å²) in [7, 11) is 0. The number of benzene rings is 3. The number of anilines is 1. The van der Waals surface area contributed by atoms with E-state index in [4.69, 9.17) is 21.7 Å². The molecule has 0 aliphatic heterocycles. The Labute approximate surface area is 210 Å². The zero-order valence-corrected chi connectivity index (χ0v) is 20.6. The Balaban J connectivity index is 1.50. The molecule has 0 saturated carbocycles. The molecule has 1 atom stereocenters. The number of amides is 2. The highest BCUT2D eigenvalue weighted by Gasteiger charge is 2.12. The fourth-order valence-corrected chi connectivity index (χ4v) is 3.26. The van der Waals surface area contributed by atoms with E-state index in [0.717, 1.165) is 12.2 Å². The maximum atomic E-state index is 12.7. The Morgan fingerprint density at radius 3 is 2.17 bits per heavy atom. The average Bonchev–Trinajstić information content (AvgIpc) is 2.87. The maximum absolute atomic E-state index is 12.7. The van der Waals surface area contributed by atoms with Gasteiger partial charge in [0.15, 0.2) is 5.11 Å². The van der Waals surface area contributed by atoms with Crippen LogP contribution in [0.3, 0.4) is 0 Å². The van der Waals surface area contributed by atoms with E-state index >= 15 is 0 Å². The van der Waals surface area contributed by atoms with Crippen molar-refractivity contribution in [2.45, 2.75) is 26.3 Å². The van der Waals surface area contributed by atoms with E-state index in [1.54, 1.807) is 48.5 Å². The van der Waals surface area contributed by atoms with Crippen LogP contribution in [0, 0.1) is 0 Å². The number of carbonyl (C=O) groups is 2. The van der Waals surface area contributed by atoms with Crippen molar-refractivity contribution in [2.75, 3.05) is 18.5 Å². The summed E-state index contributed by atoms with van der Waals surface area (Å²) in [6, 6.07) is 23.3. The first-order chi connectivity index (χ1) is 16.9. The molecule has 3 N–H and O–H groups in total. The van der Waals surface area contributed by atoms with Crippen molar-refractivity contribution in [3.63, 3.8) is 0 Å². The molecule has 0 aliphatic rings. The molecule has 0 aliphatic carbocycles. The Hall–Kier alpha value is -3.91. The SMILES string of the molecule is CCC(C)NC(=O)c1cccc(NC(=S)NC(=O)c2cccc(OCCOc3ccccc3)c2)c1. The molecule has 2 amide bonds. The van der Waals surface area contributed by atoms with Crippen molar-refractivity contribution in [1.82, 2.24) is 10.6 Å². The first kappa shape index (κ1) is 25.7. The summed E-state index contributed by atoms with van der Waals surface area (Å²) in [5.74, 6) is 0.781. The standard InChI is InChI=1S/C27H29N3O4S/c1-3-19(2)28-25(31)20-9-7-11-22(17-20)29-27(35)30-26(32)21-10-8-14-24(18-21)34-16-15-33-23-12-5-4-6-13-23/h4-14,17-19H,3,15-16H2,1-2H3,(H,28,31)(H2,29,30,32,35). The number of hydrogen-bond acceptors (Lipinski definition) is 5. The van der Waals surface area contributed by atoms with Crippen LogP contribution in [0.15, 0.2) is 78.9 Å². The molecule has 0 radical (unpaired) electrons. The van der Waals surface area contributed by atoms with Gasteiger partial charge in [0.05, 0.1) is 0 Å². The Morgan fingerprint density at radius 2 is 1.46 bits per heavy atom. The van der Waals surface area contributed by atoms with Crippen LogP contribution in [0.1, 0.15) is 41.0 Å². The zero-order valence-electron chi connectivity index (χ0n) is 19.7. The monoisotopic (exact) mass is 491 g/mol. The summed E-state index contributed by atoms with van der Waals surface area (Å²) >= 11 is 5.28. The van der Waals surface area contributed by atoms with Gasteiger partial charge in [0.1, 0.15) is 24.7 Å². The molecule has 3 aromatic rings. The average molecular weight is 492 g/mol. The third-order valence-corrected chi connectivity index (χ3v) is 5.26. The van der Waals surface area contributed by atoms with Gasteiger partial charge in [-0.1, -0.05) is 37.3 Å². The zero-order chi connectivity index (χ0) is 25.0. The second-order valence-electron chi connectivity index (χ2n) is 7.81. The van der Waals surface area contributed by atoms with Crippen LogP contribution in [0.2, 0.25) is 0 Å². The van der Waals surface area contributed by atoms with E-state index in [2.05, 4.69) is 16.0 Å². The van der Waals surface area contributed by atoms with E-state index < -0.39 is 0 Å². The first-order valence-corrected chi connectivity index (χ1v) is 11.8. The summed E-state index contributed by atoms with van der Waals surface area (Å²) < 4.78 is 11.3. The molecule has 0 spiro atoms. The number of carbonyl (C=O) groups excluding carboxylic acids is 2. The minimum atomic E-state index is -0.376. The van der Waals surface area contributed by atoms with Crippen LogP contribution in [-0.4, -0.2) is 36.2 Å². The highest BCUT2D eigenvalue weighted by atomic mass is 32.1. The third-order valence-electron chi connectivity index (χ3n) is 5.06. The van der Waals surface area contributed by atoms with E-state index in [1.807, 2.05) is 44.2 Å². The van der Waals surface area contributed by atoms with Crippen molar-refractivity contribution in [1.29, 1.82) is 0 Å². The number of ether oxygens (including phenoxy) is 2. The van der Waals surface area contributed by atoms with Crippen LogP contribution in [0.25, 0.3) is 0 Å². The Morgan fingerprint density at radius 1 is 0.829 bits per heavy atom. The number of nitrogens with one attached hydrogen (secondary N) is 3. The summed E-state index contributed by atoms with van der Waals surface area (Å²) in [4.78, 5) is 25.0. The van der Waals surface area contributed by atoms with Gasteiger partial charge in [-0.15, -0.1) is 0 Å². The number of thiocarbonyl (C=S) groups is 1. The molecule has 0 bridgehead atoms. The lowest BCUT2D eigenvalue weighted by atomic mass is 10.1. The van der Waals surface area contributed by atoms with Gasteiger partial charge in [-0.05, 0) is 74.1 Å². The van der Waals surface area contributed by atoms with E-state index in [1.165, 1.54) is 0 Å². The molecule has 1 unspecified atom stereocenters. The van der Waals surface area contributed by atoms with Gasteiger partial charge in [-0.25, -0.2) is 0 Å². The molecule has 0 fully saturated rings. The summed E-state index contributed by atoms with van der Waals surface area (Å²) in [5.41, 5.74) is 1.51. The number of rotatable bonds is 10. The molecule has 3 rings (SSSR count). The molecule has 3 aromatic carbocycles. The smallest absolute Gasteiger partial charge is 0.257 e. The van der Waals surface area contributed by atoms with Crippen molar-refractivity contribution in [3.8, 4) is 11.5 Å². The van der Waals surface area contributed by atoms with E-state index in [-0.39, 0.29) is 23.0 Å². The predicted octanol–water partition coefficient (Wildman–Crippen LogP) is 4.80. The van der Waals surface area contributed by atoms with Gasteiger partial charge >= 0.3 is 0 Å². The fraction of sp³-hybridized carbons (Fsp3) is 0.222. The molecule has 0 saturated heterocycles. The highest BCUT2D eigenvalue weighted by Crippen LogP contribution is 2.15. The number of para-hydroxylation sites is 1. The topological polar surface area (TPSA) is 88.7 Å². The Bertz CT molecular complexity index is 1150. The predicted molar refractivity (Wildman–Crippen MR) is 141 cm³/mol. The quantitative estimate of drug-likeness (QED) is 0.279. The third kappa shape index (κ3) is 8.42. The molecule has 182 valence electrons. The highest BCUT2D eigenvalue weighted by molar-refractivity contribution is 7.80. The van der Waals surface area contributed by atoms with Gasteiger partial charge < -0.3 is 20.1 Å². The second kappa shape index (κ2) is 13.1. The van der Waals surface area contributed by atoms with Gasteiger partial charge in [0.25, 0.3) is 11.8 Å². The largest absolute Gasteiger partial charge is 0.490 e. The lowest BCUT2D eigenvalue weighted by Crippen LogP contribution is -2.34. The fourth-order valence-electron chi connectivity index (χ4n) is 3.05. The van der Waals surface area contributed by atoms with Crippen molar-refractivity contribution in [2.24, 2.45) is 0 Å². The van der Waals surface area contributed by atoms with Crippen LogP contribution in [0.4, 0.5) is 5.69 Å². The molecular weight excluding hydrogens is 462 g/mol. The molecule has 8 heteroatoms. The van der Waals surface area contributed by atoms with Crippen LogP contribution in [0.5, 0.6) is 11.5 Å². The first-order valence-electron chi connectivity index (χ1n) is 11.4. The minimum Gasteiger partial charge on any atom is -0.490 e. The maximum Gasteiger partial charge on any atom is 0.257 e. The van der Waals surface area contributed by atoms with Crippen LogP contribution < -0.4 is 25.4 Å². The molecular formula is C27H29N3O4S. The van der Waals surface area contributed by atoms with Crippen LogP contribution >= 0.6 is 12.2 Å². The summed E-state index contributed by atoms with van der Waals surface area (Å²) in [5, 5.41) is 8.65. The molecule has 7 nitrogen and oxygen atoms in total. The minimum absolute atomic E-state index is 0.0793. The van der Waals surface area contributed by atoms with E-state index in [0.29, 0.717) is 35.8 Å². The summed E-state index contributed by atoms with van der Waals surface area (Å²) in [6.07, 6.45) is 0.841. The van der Waals surface area contributed by atoms with Crippen molar-refractivity contribution >= 4 is 34.8 Å². The van der Waals surface area contributed by atoms with E-state index in [9.17, 15) is 9.59 Å². The Kier molecular flexibility index (Phi) is 9.62. The van der Waals surface area contributed by atoms with Gasteiger partial charge in [-0.3, -0.25) is 14.9 Å². The summed E-state index contributed by atoms with van der Waals surface area (Å²) in [6.45, 7) is 4.67. The van der Waals surface area contributed by atoms with Crippen molar-refractivity contribution in [3.05, 3.63) is 90.0 Å². The second-order valence-corrected chi connectivity index (χ2v) is 8.22. The lowest BCUT2D eigenvalue weighted by molar-refractivity contribution is 0.0937. The van der Waals surface area contributed by atoms with Gasteiger partial charge in [0.2, 0.25) is 0 Å². The normalized spacial score (nSPS) is 11.1. The lowest BCUT2D eigenvalue weighted by Gasteiger charge is -2.13. The number of hydrogen-bond donors (Lipinski definition) is 3. The molecule has 35 heavy (non-hydrogen) atoms. The van der Waals surface area contributed by atoms with Crippen LogP contribution in [-0.2, 0) is 0 Å².